The van der Waals surface area contributed by atoms with Gasteiger partial charge in [0, 0.05) is 5.69 Å². The summed E-state index contributed by atoms with van der Waals surface area (Å²) in [5, 5.41) is 0. The number of nitrogens with zero attached hydrogens (tertiary/aromatic N) is 1. The van der Waals surface area contributed by atoms with E-state index in [0.29, 0.717) is 5.56 Å². The predicted molar refractivity (Wildman–Crippen MR) is 75.4 cm³/mol. The Balaban J connectivity index is 2.44. The van der Waals surface area contributed by atoms with Crippen LogP contribution in [-0.4, -0.2) is 13.4 Å². The highest BCUT2D eigenvalue weighted by Gasteiger charge is 2.20. The fourth-order valence-electron chi connectivity index (χ4n) is 1.83. The molecule has 0 saturated carbocycles. The molecule has 0 atom stereocenters. The molecule has 0 fully saturated rings. The van der Waals surface area contributed by atoms with Crippen LogP contribution in [0, 0.1) is 13.8 Å². The molecule has 5 nitrogen and oxygen atoms in total. The minimum absolute atomic E-state index is 0.0957. The van der Waals surface area contributed by atoms with Crippen molar-refractivity contribution >= 4 is 21.5 Å². The summed E-state index contributed by atoms with van der Waals surface area (Å²) in [6, 6.07) is 10.1. The van der Waals surface area contributed by atoms with E-state index < -0.39 is 10.0 Å². The largest absolute Gasteiger partial charge is 0.398 e. The van der Waals surface area contributed by atoms with E-state index in [1.54, 1.807) is 50.2 Å². The Kier molecular flexibility index (Phi) is 3.44. The number of hydrogen-bond donors (Lipinski definition) is 2. The van der Waals surface area contributed by atoms with Gasteiger partial charge in [0.05, 0.1) is 5.69 Å². The third-order valence-corrected chi connectivity index (χ3v) is 4.21. The van der Waals surface area contributed by atoms with Crippen LogP contribution in [0.25, 0.3) is 0 Å². The molecule has 0 aliphatic carbocycles. The topological polar surface area (TPSA) is 85.1 Å². The summed E-state index contributed by atoms with van der Waals surface area (Å²) in [4.78, 5) is 4.21. The van der Waals surface area contributed by atoms with Crippen LogP contribution in [0.3, 0.4) is 0 Å². The highest BCUT2D eigenvalue weighted by molar-refractivity contribution is 7.93. The Morgan fingerprint density at radius 2 is 1.79 bits per heavy atom. The molecule has 0 spiro atoms. The summed E-state index contributed by atoms with van der Waals surface area (Å²) in [6.45, 7) is 3.49. The molecule has 1 heterocycles. The number of sulfonamides is 1. The van der Waals surface area contributed by atoms with Crippen molar-refractivity contribution in [3.8, 4) is 0 Å². The Morgan fingerprint density at radius 3 is 2.42 bits per heavy atom. The number of nitrogens with two attached hydrogens (primary N) is 1. The van der Waals surface area contributed by atoms with Crippen LogP contribution in [-0.2, 0) is 10.0 Å². The monoisotopic (exact) mass is 277 g/mol. The third kappa shape index (κ3) is 2.85. The zero-order valence-corrected chi connectivity index (χ0v) is 11.5. The quantitative estimate of drug-likeness (QED) is 0.841. The lowest BCUT2D eigenvalue weighted by atomic mass is 10.2. The molecule has 0 unspecified atom stereocenters. The zero-order chi connectivity index (χ0) is 14.0. The lowest BCUT2D eigenvalue weighted by Gasteiger charge is -2.12. The van der Waals surface area contributed by atoms with Crippen molar-refractivity contribution in [2.45, 2.75) is 18.7 Å². The second-order valence-electron chi connectivity index (χ2n) is 4.26. The molecule has 0 saturated heterocycles. The number of pyridine rings is 1. The number of anilines is 2. The van der Waals surface area contributed by atoms with Gasteiger partial charge >= 0.3 is 0 Å². The van der Waals surface area contributed by atoms with Crippen molar-refractivity contribution < 1.29 is 8.42 Å². The molecule has 6 heteroatoms. The van der Waals surface area contributed by atoms with Gasteiger partial charge in [-0.1, -0.05) is 18.2 Å². The summed E-state index contributed by atoms with van der Waals surface area (Å²) in [5.41, 5.74) is 7.31. The van der Waals surface area contributed by atoms with E-state index in [9.17, 15) is 8.42 Å². The molecule has 100 valence electrons. The molecule has 0 radical (unpaired) electrons. The summed E-state index contributed by atoms with van der Waals surface area (Å²) < 4.78 is 27.1. The van der Waals surface area contributed by atoms with Gasteiger partial charge in [-0.3, -0.25) is 4.72 Å². The van der Waals surface area contributed by atoms with Crippen LogP contribution in [0.5, 0.6) is 0 Å². The third-order valence-electron chi connectivity index (χ3n) is 2.64. The van der Waals surface area contributed by atoms with E-state index in [2.05, 4.69) is 9.71 Å². The van der Waals surface area contributed by atoms with Gasteiger partial charge < -0.3 is 5.73 Å². The number of nitrogens with one attached hydrogen (secondary N) is 1. The maximum absolute atomic E-state index is 12.3. The Hall–Kier alpha value is -2.08. The Morgan fingerprint density at radius 1 is 1.11 bits per heavy atom. The van der Waals surface area contributed by atoms with E-state index in [1.807, 2.05) is 0 Å². The standard InChI is InChI=1S/C13H15N3O2S/c1-9-5-3-7-11(14)13(9)19(17,18)16-12-8-4-6-10(2)15-12/h3-8H,14H2,1-2H3,(H,15,16). The number of nitrogen functional groups attached to an aromatic ring is 1. The highest BCUT2D eigenvalue weighted by atomic mass is 32.2. The number of aryl methyl sites for hydroxylation is 2. The smallest absolute Gasteiger partial charge is 0.265 e. The molecular weight excluding hydrogens is 262 g/mol. The van der Waals surface area contributed by atoms with Crippen molar-refractivity contribution in [1.82, 2.24) is 4.98 Å². The maximum atomic E-state index is 12.3. The number of rotatable bonds is 3. The van der Waals surface area contributed by atoms with E-state index in [1.165, 1.54) is 0 Å². The van der Waals surface area contributed by atoms with Gasteiger partial charge in [-0.25, -0.2) is 13.4 Å². The first-order valence-electron chi connectivity index (χ1n) is 5.72. The molecule has 3 N–H and O–H groups in total. The molecule has 0 bridgehead atoms. The Bertz CT molecular complexity index is 691. The summed E-state index contributed by atoms with van der Waals surface area (Å²) in [6.07, 6.45) is 0. The number of aromatic nitrogens is 1. The summed E-state index contributed by atoms with van der Waals surface area (Å²) in [5.74, 6) is 0.280. The molecular formula is C13H15N3O2S. The molecule has 1 aromatic heterocycles. The van der Waals surface area contributed by atoms with Gasteiger partial charge in [0.25, 0.3) is 10.0 Å². The summed E-state index contributed by atoms with van der Waals surface area (Å²) >= 11 is 0. The molecule has 2 rings (SSSR count). The van der Waals surface area contributed by atoms with E-state index in [4.69, 9.17) is 5.73 Å². The molecule has 0 amide bonds. The Labute approximate surface area is 112 Å². The maximum Gasteiger partial charge on any atom is 0.265 e. The van der Waals surface area contributed by atoms with Gasteiger partial charge in [0.2, 0.25) is 0 Å². The van der Waals surface area contributed by atoms with Crippen molar-refractivity contribution in [3.05, 3.63) is 47.7 Å². The fourth-order valence-corrected chi connectivity index (χ4v) is 3.19. The van der Waals surface area contributed by atoms with Gasteiger partial charge in [-0.05, 0) is 37.6 Å². The van der Waals surface area contributed by atoms with Crippen molar-refractivity contribution in [2.75, 3.05) is 10.5 Å². The first-order chi connectivity index (χ1) is 8.90. The van der Waals surface area contributed by atoms with Crippen molar-refractivity contribution in [2.24, 2.45) is 0 Å². The van der Waals surface area contributed by atoms with Gasteiger partial charge in [-0.2, -0.15) is 0 Å². The average Bonchev–Trinajstić information content (AvgIpc) is 2.27. The van der Waals surface area contributed by atoms with E-state index >= 15 is 0 Å². The SMILES string of the molecule is Cc1cccc(NS(=O)(=O)c2c(C)cccc2N)n1. The second kappa shape index (κ2) is 4.89. The zero-order valence-electron chi connectivity index (χ0n) is 10.7. The molecule has 2 aromatic rings. The van der Waals surface area contributed by atoms with Gasteiger partial charge in [-0.15, -0.1) is 0 Å². The molecule has 0 aliphatic rings. The first kappa shape index (κ1) is 13.4. The van der Waals surface area contributed by atoms with E-state index in [-0.39, 0.29) is 16.4 Å². The molecule has 0 aliphatic heterocycles. The number of benzene rings is 1. The highest BCUT2D eigenvalue weighted by Crippen LogP contribution is 2.24. The minimum Gasteiger partial charge on any atom is -0.398 e. The van der Waals surface area contributed by atoms with Crippen molar-refractivity contribution in [3.63, 3.8) is 0 Å². The van der Waals surface area contributed by atoms with Crippen LogP contribution in [0.4, 0.5) is 11.5 Å². The second-order valence-corrected chi connectivity index (χ2v) is 5.88. The normalized spacial score (nSPS) is 11.3. The number of hydrogen-bond acceptors (Lipinski definition) is 4. The van der Waals surface area contributed by atoms with E-state index in [0.717, 1.165) is 5.69 Å². The minimum atomic E-state index is -3.73. The van der Waals surface area contributed by atoms with Crippen LogP contribution >= 0.6 is 0 Å². The van der Waals surface area contributed by atoms with Crippen LogP contribution in [0.2, 0.25) is 0 Å². The predicted octanol–water partition coefficient (Wildman–Crippen LogP) is 2.08. The van der Waals surface area contributed by atoms with Crippen LogP contribution < -0.4 is 10.5 Å². The lowest BCUT2D eigenvalue weighted by Crippen LogP contribution is -2.17. The first-order valence-corrected chi connectivity index (χ1v) is 7.20. The average molecular weight is 277 g/mol. The fraction of sp³-hybridized carbons (Fsp3) is 0.154. The molecule has 1 aromatic carbocycles. The van der Waals surface area contributed by atoms with Crippen LogP contribution in [0.1, 0.15) is 11.3 Å². The van der Waals surface area contributed by atoms with Gasteiger partial charge in [0.15, 0.2) is 0 Å². The lowest BCUT2D eigenvalue weighted by molar-refractivity contribution is 0.601. The summed E-state index contributed by atoms with van der Waals surface area (Å²) in [7, 11) is -3.73. The molecule has 19 heavy (non-hydrogen) atoms. The van der Waals surface area contributed by atoms with Gasteiger partial charge in [0.1, 0.15) is 10.7 Å². The van der Waals surface area contributed by atoms with Crippen LogP contribution in [0.15, 0.2) is 41.3 Å². The van der Waals surface area contributed by atoms with Crippen molar-refractivity contribution in [1.29, 1.82) is 0 Å².